The number of methoxy groups -OCH3 is 3. The molecule has 0 saturated heterocycles. The summed E-state index contributed by atoms with van der Waals surface area (Å²) >= 11 is 0. The van der Waals surface area contributed by atoms with Crippen LogP contribution in [0.25, 0.3) is 44.0 Å². The third kappa shape index (κ3) is 4.85. The monoisotopic (exact) mass is 570 g/mol. The van der Waals surface area contributed by atoms with Crippen LogP contribution in [-0.2, 0) is 0 Å². The number of aromatic nitrogens is 2. The van der Waals surface area contributed by atoms with Crippen molar-refractivity contribution in [2.75, 3.05) is 21.3 Å². The fourth-order valence-corrected chi connectivity index (χ4v) is 6.57. The van der Waals surface area contributed by atoms with Gasteiger partial charge in [0.1, 0.15) is 17.2 Å². The molecule has 216 valence electrons. The molecule has 0 amide bonds. The Bertz CT molecular complexity index is 2010. The summed E-state index contributed by atoms with van der Waals surface area (Å²) in [6.07, 6.45) is 0. The Morgan fingerprint density at radius 3 is 1.35 bits per heavy atom. The predicted octanol–water partition coefficient (Wildman–Crippen LogP) is 7.78. The minimum absolute atomic E-state index is 0.787. The topological polar surface area (TPSA) is 35.5 Å². The Morgan fingerprint density at radius 1 is 0.465 bits per heavy atom. The molecule has 2 heterocycles. The molecule has 5 heteroatoms. The maximum Gasteiger partial charge on any atom is 0.211 e. The zero-order chi connectivity index (χ0) is 30.4. The second kappa shape index (κ2) is 11.1. The van der Waals surface area contributed by atoms with Gasteiger partial charge in [0, 0.05) is 75.5 Å². The van der Waals surface area contributed by atoms with E-state index in [-0.39, 0.29) is 0 Å². The molecule has 0 aliphatic rings. The van der Waals surface area contributed by atoms with Crippen LogP contribution in [0, 0.1) is 34.6 Å². The summed E-state index contributed by atoms with van der Waals surface area (Å²) in [6.45, 7) is 10.7. The molecular weight excluding hydrogens is 532 g/mol. The summed E-state index contributed by atoms with van der Waals surface area (Å²) in [4.78, 5) is 0. The fraction of sp³-hybridized carbons (Fsp3) is 0.211. The third-order valence-corrected chi connectivity index (χ3v) is 8.47. The summed E-state index contributed by atoms with van der Waals surface area (Å²) in [5.41, 5.74) is 10.4. The second-order valence-corrected chi connectivity index (χ2v) is 11.2. The summed E-state index contributed by atoms with van der Waals surface area (Å²) in [5.74, 6) is 2.50. The van der Waals surface area contributed by atoms with Gasteiger partial charge in [-0.2, -0.15) is 9.13 Å². The lowest BCUT2D eigenvalue weighted by atomic mass is 10.0. The molecule has 0 unspecified atom stereocenters. The lowest BCUT2D eigenvalue weighted by Crippen LogP contribution is -2.38. The molecule has 0 aliphatic heterocycles. The van der Waals surface area contributed by atoms with E-state index < -0.39 is 0 Å². The van der Waals surface area contributed by atoms with Crippen LogP contribution in [0.1, 0.15) is 28.3 Å². The molecule has 0 N–H and O–H groups in total. The standard InChI is InChI=1S/C38H38N2O3/c1-23-17-30-19-24(2)39(26(4)37(30)35(18-23)42-7)32-13-9-28(10-14-32)29-11-15-33(16-12-29)40-25(3)20-31-21-34(41-6)22-36(43-8)38(31)27(40)5/h9-22H,1-8H3/q+2. The number of rotatable bonds is 6. The number of ether oxygens (including phenoxy) is 3. The number of hydrogen-bond acceptors (Lipinski definition) is 3. The number of pyridine rings is 2. The minimum atomic E-state index is 0.787. The molecule has 4 aromatic carbocycles. The van der Waals surface area contributed by atoms with Crippen molar-refractivity contribution in [3.63, 3.8) is 0 Å². The highest BCUT2D eigenvalue weighted by atomic mass is 16.5. The van der Waals surface area contributed by atoms with Gasteiger partial charge in [0.15, 0.2) is 22.8 Å². The van der Waals surface area contributed by atoms with Crippen molar-refractivity contribution in [1.29, 1.82) is 0 Å². The molecule has 0 atom stereocenters. The van der Waals surface area contributed by atoms with E-state index in [9.17, 15) is 0 Å². The summed E-state index contributed by atoms with van der Waals surface area (Å²) in [7, 11) is 5.13. The van der Waals surface area contributed by atoms with Crippen LogP contribution in [0.5, 0.6) is 17.2 Å². The number of hydrogen-bond donors (Lipinski definition) is 0. The van der Waals surface area contributed by atoms with E-state index in [0.717, 1.165) is 61.9 Å². The number of benzene rings is 4. The van der Waals surface area contributed by atoms with Gasteiger partial charge in [-0.1, -0.05) is 6.07 Å². The third-order valence-electron chi connectivity index (χ3n) is 8.47. The molecule has 6 rings (SSSR count). The van der Waals surface area contributed by atoms with Crippen molar-refractivity contribution < 1.29 is 23.3 Å². The quantitative estimate of drug-likeness (QED) is 0.192. The Labute approximate surface area is 253 Å². The van der Waals surface area contributed by atoms with Gasteiger partial charge < -0.3 is 14.2 Å². The summed E-state index contributed by atoms with van der Waals surface area (Å²) in [6, 6.07) is 30.3. The van der Waals surface area contributed by atoms with Crippen LogP contribution in [0.15, 0.2) is 84.9 Å². The molecule has 43 heavy (non-hydrogen) atoms. The zero-order valence-electron chi connectivity index (χ0n) is 26.2. The molecule has 0 bridgehead atoms. The molecule has 6 aromatic rings. The Morgan fingerprint density at radius 2 is 0.907 bits per heavy atom. The van der Waals surface area contributed by atoms with Gasteiger partial charge in [0.25, 0.3) is 0 Å². The SMILES string of the molecule is COc1cc(OC)c2c(C)[n+](-c3ccc(-c4ccc(-[n+]5c(C)cc6cc(C)cc(OC)c6c5C)cc4)cc3)c(C)cc2c1. The van der Waals surface area contributed by atoms with Gasteiger partial charge in [-0.25, -0.2) is 0 Å². The van der Waals surface area contributed by atoms with Crippen LogP contribution >= 0.6 is 0 Å². The van der Waals surface area contributed by atoms with Crippen molar-refractivity contribution in [2.24, 2.45) is 0 Å². The maximum absolute atomic E-state index is 5.77. The highest BCUT2D eigenvalue weighted by molar-refractivity contribution is 5.91. The van der Waals surface area contributed by atoms with Crippen LogP contribution in [-0.4, -0.2) is 21.3 Å². The van der Waals surface area contributed by atoms with E-state index in [2.05, 4.69) is 123 Å². The molecule has 0 spiro atoms. The van der Waals surface area contributed by atoms with Gasteiger partial charge >= 0.3 is 0 Å². The van der Waals surface area contributed by atoms with Gasteiger partial charge in [-0.05, 0) is 65.4 Å². The van der Waals surface area contributed by atoms with Crippen LogP contribution in [0.4, 0.5) is 0 Å². The van der Waals surface area contributed by atoms with Gasteiger partial charge in [0.05, 0.1) is 32.1 Å². The summed E-state index contributed by atoms with van der Waals surface area (Å²) < 4.78 is 21.6. The van der Waals surface area contributed by atoms with E-state index in [1.807, 2.05) is 6.07 Å². The second-order valence-electron chi connectivity index (χ2n) is 11.2. The molecular formula is C38H38N2O3+2. The Hall–Kier alpha value is -4.90. The first-order valence-corrected chi connectivity index (χ1v) is 14.5. The van der Waals surface area contributed by atoms with Crippen LogP contribution in [0.3, 0.4) is 0 Å². The van der Waals surface area contributed by atoms with Crippen molar-refractivity contribution >= 4 is 21.5 Å². The van der Waals surface area contributed by atoms with Crippen LogP contribution < -0.4 is 23.3 Å². The molecule has 0 radical (unpaired) electrons. The number of nitrogens with zero attached hydrogens (tertiary/aromatic N) is 2. The zero-order valence-corrected chi connectivity index (χ0v) is 26.2. The van der Waals surface area contributed by atoms with Crippen LogP contribution in [0.2, 0.25) is 0 Å². The predicted molar refractivity (Wildman–Crippen MR) is 173 cm³/mol. The lowest BCUT2D eigenvalue weighted by Gasteiger charge is -2.13. The molecule has 2 aromatic heterocycles. The Balaban J connectivity index is 1.36. The van der Waals surface area contributed by atoms with Gasteiger partial charge in [-0.3, -0.25) is 0 Å². The van der Waals surface area contributed by atoms with E-state index in [1.165, 1.54) is 27.8 Å². The highest BCUT2D eigenvalue weighted by Gasteiger charge is 2.23. The van der Waals surface area contributed by atoms with Gasteiger partial charge in [0.2, 0.25) is 11.4 Å². The number of fused-ring (bicyclic) bond motifs is 2. The molecule has 0 aliphatic carbocycles. The minimum Gasteiger partial charge on any atom is -0.497 e. The first-order chi connectivity index (χ1) is 20.7. The normalized spacial score (nSPS) is 11.3. The first-order valence-electron chi connectivity index (χ1n) is 14.5. The number of aryl methyl sites for hydroxylation is 5. The first kappa shape index (κ1) is 28.2. The van der Waals surface area contributed by atoms with Crippen molar-refractivity contribution in [3.05, 3.63) is 113 Å². The average molecular weight is 571 g/mol. The molecule has 0 saturated carbocycles. The van der Waals surface area contributed by atoms with Gasteiger partial charge in [-0.15, -0.1) is 0 Å². The van der Waals surface area contributed by atoms with Crippen molar-refractivity contribution in [3.8, 4) is 39.8 Å². The van der Waals surface area contributed by atoms with Crippen molar-refractivity contribution in [2.45, 2.75) is 34.6 Å². The van der Waals surface area contributed by atoms with E-state index in [1.54, 1.807) is 21.3 Å². The molecule has 0 fully saturated rings. The van der Waals surface area contributed by atoms with E-state index in [0.29, 0.717) is 0 Å². The average Bonchev–Trinajstić information content (AvgIpc) is 3.00. The molecule has 5 nitrogen and oxygen atoms in total. The summed E-state index contributed by atoms with van der Waals surface area (Å²) in [5, 5.41) is 4.53. The largest absolute Gasteiger partial charge is 0.497 e. The lowest BCUT2D eigenvalue weighted by molar-refractivity contribution is -0.608. The smallest absolute Gasteiger partial charge is 0.211 e. The highest BCUT2D eigenvalue weighted by Crippen LogP contribution is 2.34. The van der Waals surface area contributed by atoms with E-state index in [4.69, 9.17) is 14.2 Å². The van der Waals surface area contributed by atoms with E-state index >= 15 is 0 Å². The fourth-order valence-electron chi connectivity index (χ4n) is 6.57. The Kier molecular flexibility index (Phi) is 7.26. The maximum atomic E-state index is 5.77. The van der Waals surface area contributed by atoms with Crippen molar-refractivity contribution in [1.82, 2.24) is 0 Å².